The Kier molecular flexibility index (Phi) is 4.78. The zero-order valence-electron chi connectivity index (χ0n) is 14.6. The van der Waals surface area contributed by atoms with Crippen molar-refractivity contribution in [3.05, 3.63) is 35.6 Å². The van der Waals surface area contributed by atoms with Crippen molar-refractivity contribution in [2.24, 2.45) is 11.3 Å². The SMILES string of the molecule is O=C(c1cccc(F)c1)N1CCC2OCCCC2(COCC2CC2)C1. The maximum atomic E-state index is 13.5. The van der Waals surface area contributed by atoms with Crippen LogP contribution in [0.5, 0.6) is 0 Å². The fraction of sp³-hybridized carbons (Fsp3) is 0.650. The molecule has 0 radical (unpaired) electrons. The number of fused-ring (bicyclic) bond motifs is 1. The Morgan fingerprint density at radius 1 is 1.36 bits per heavy atom. The minimum atomic E-state index is -0.371. The molecule has 3 fully saturated rings. The number of piperidine rings is 1. The molecular weight excluding hydrogens is 321 g/mol. The van der Waals surface area contributed by atoms with Crippen LogP contribution in [0.25, 0.3) is 0 Å². The molecule has 0 spiro atoms. The normalized spacial score (nSPS) is 29.3. The number of ether oxygens (including phenoxy) is 2. The predicted molar refractivity (Wildman–Crippen MR) is 91.9 cm³/mol. The van der Waals surface area contributed by atoms with E-state index in [1.807, 2.05) is 4.90 Å². The summed E-state index contributed by atoms with van der Waals surface area (Å²) in [6.45, 7) is 3.57. The monoisotopic (exact) mass is 347 g/mol. The number of hydrogen-bond acceptors (Lipinski definition) is 3. The van der Waals surface area contributed by atoms with Gasteiger partial charge in [-0.2, -0.15) is 0 Å². The van der Waals surface area contributed by atoms with Gasteiger partial charge >= 0.3 is 0 Å². The molecule has 4 rings (SSSR count). The summed E-state index contributed by atoms with van der Waals surface area (Å²) in [4.78, 5) is 14.7. The lowest BCUT2D eigenvalue weighted by Gasteiger charge is -2.50. The lowest BCUT2D eigenvalue weighted by atomic mass is 9.73. The summed E-state index contributed by atoms with van der Waals surface area (Å²) >= 11 is 0. The van der Waals surface area contributed by atoms with Crippen molar-refractivity contribution in [3.8, 4) is 0 Å². The lowest BCUT2D eigenvalue weighted by molar-refractivity contribution is -0.147. The minimum absolute atomic E-state index is 0.0925. The van der Waals surface area contributed by atoms with E-state index in [1.54, 1.807) is 12.1 Å². The fourth-order valence-electron chi connectivity index (χ4n) is 4.19. The van der Waals surface area contributed by atoms with Crippen LogP contribution in [0.15, 0.2) is 24.3 Å². The van der Waals surface area contributed by atoms with E-state index in [1.165, 1.54) is 25.0 Å². The number of hydrogen-bond donors (Lipinski definition) is 0. The van der Waals surface area contributed by atoms with Crippen LogP contribution in [-0.2, 0) is 9.47 Å². The van der Waals surface area contributed by atoms with Gasteiger partial charge in [-0.15, -0.1) is 0 Å². The molecule has 1 saturated carbocycles. The van der Waals surface area contributed by atoms with E-state index in [0.717, 1.165) is 38.4 Å². The first-order chi connectivity index (χ1) is 12.2. The van der Waals surface area contributed by atoms with Crippen LogP contribution in [0.2, 0.25) is 0 Å². The third-order valence-electron chi connectivity index (χ3n) is 5.79. The maximum Gasteiger partial charge on any atom is 0.253 e. The minimum Gasteiger partial charge on any atom is -0.380 e. The summed E-state index contributed by atoms with van der Waals surface area (Å²) in [7, 11) is 0. The highest BCUT2D eigenvalue weighted by atomic mass is 19.1. The maximum absolute atomic E-state index is 13.5. The highest BCUT2D eigenvalue weighted by molar-refractivity contribution is 5.94. The van der Waals surface area contributed by atoms with Crippen molar-refractivity contribution < 1.29 is 18.7 Å². The van der Waals surface area contributed by atoms with E-state index in [9.17, 15) is 9.18 Å². The van der Waals surface area contributed by atoms with Gasteiger partial charge in [0.1, 0.15) is 5.82 Å². The summed E-state index contributed by atoms with van der Waals surface area (Å²) in [6, 6.07) is 5.96. The van der Waals surface area contributed by atoms with Crippen molar-refractivity contribution in [3.63, 3.8) is 0 Å². The molecule has 3 aliphatic rings. The van der Waals surface area contributed by atoms with Crippen LogP contribution < -0.4 is 0 Å². The number of benzene rings is 1. The second-order valence-corrected chi connectivity index (χ2v) is 7.81. The van der Waals surface area contributed by atoms with Crippen LogP contribution in [-0.4, -0.2) is 49.8 Å². The highest BCUT2D eigenvalue weighted by Gasteiger charge is 2.47. The topological polar surface area (TPSA) is 38.8 Å². The molecule has 2 saturated heterocycles. The molecular formula is C20H26FNO3. The van der Waals surface area contributed by atoms with Crippen molar-refractivity contribution in [1.82, 2.24) is 4.90 Å². The molecule has 4 nitrogen and oxygen atoms in total. The Morgan fingerprint density at radius 2 is 2.24 bits per heavy atom. The van der Waals surface area contributed by atoms with Gasteiger partial charge in [-0.1, -0.05) is 6.07 Å². The zero-order valence-corrected chi connectivity index (χ0v) is 14.6. The molecule has 1 aliphatic carbocycles. The van der Waals surface area contributed by atoms with Crippen molar-refractivity contribution in [2.75, 3.05) is 32.9 Å². The van der Waals surface area contributed by atoms with E-state index in [0.29, 0.717) is 25.3 Å². The quantitative estimate of drug-likeness (QED) is 0.821. The van der Waals surface area contributed by atoms with E-state index in [2.05, 4.69) is 0 Å². The van der Waals surface area contributed by atoms with Gasteiger partial charge in [-0.05, 0) is 56.2 Å². The Hall–Kier alpha value is -1.46. The van der Waals surface area contributed by atoms with Gasteiger partial charge in [-0.25, -0.2) is 4.39 Å². The number of halogens is 1. The molecule has 1 amide bonds. The standard InChI is InChI=1S/C20H26FNO3/c21-17-4-1-3-16(11-17)19(23)22-9-7-18-20(13-22,8-2-10-25-18)14-24-12-15-5-6-15/h1,3-4,11,15,18H,2,5-10,12-14H2. The number of amides is 1. The first-order valence-corrected chi connectivity index (χ1v) is 9.40. The van der Waals surface area contributed by atoms with E-state index in [4.69, 9.17) is 9.47 Å². The molecule has 5 heteroatoms. The zero-order chi connectivity index (χ0) is 17.3. The summed E-state index contributed by atoms with van der Waals surface area (Å²) in [5.74, 6) is 0.266. The molecule has 2 heterocycles. The third kappa shape index (κ3) is 3.72. The fourth-order valence-corrected chi connectivity index (χ4v) is 4.19. The van der Waals surface area contributed by atoms with Crippen LogP contribution in [0.1, 0.15) is 42.5 Å². The van der Waals surface area contributed by atoms with Gasteiger partial charge in [-0.3, -0.25) is 4.79 Å². The third-order valence-corrected chi connectivity index (χ3v) is 5.79. The predicted octanol–water partition coefficient (Wildman–Crippen LogP) is 3.26. The van der Waals surface area contributed by atoms with E-state index in [-0.39, 0.29) is 23.2 Å². The van der Waals surface area contributed by atoms with Gasteiger partial charge < -0.3 is 14.4 Å². The summed E-state index contributed by atoms with van der Waals surface area (Å²) in [6.07, 6.45) is 5.57. The van der Waals surface area contributed by atoms with Crippen LogP contribution >= 0.6 is 0 Å². The van der Waals surface area contributed by atoms with Crippen LogP contribution in [0.3, 0.4) is 0 Å². The Balaban J connectivity index is 1.47. The lowest BCUT2D eigenvalue weighted by Crippen LogP contribution is -2.58. The Morgan fingerprint density at radius 3 is 3.04 bits per heavy atom. The molecule has 136 valence electrons. The smallest absolute Gasteiger partial charge is 0.253 e. The first-order valence-electron chi connectivity index (χ1n) is 9.40. The average Bonchev–Trinajstić information content (AvgIpc) is 3.45. The number of nitrogens with zero attached hydrogens (tertiary/aromatic N) is 1. The number of carbonyl (C=O) groups excluding carboxylic acids is 1. The van der Waals surface area contributed by atoms with Gasteiger partial charge in [0.2, 0.25) is 0 Å². The van der Waals surface area contributed by atoms with Crippen molar-refractivity contribution in [2.45, 2.75) is 38.2 Å². The molecule has 25 heavy (non-hydrogen) atoms. The van der Waals surface area contributed by atoms with Crippen molar-refractivity contribution in [1.29, 1.82) is 0 Å². The number of rotatable bonds is 5. The second-order valence-electron chi connectivity index (χ2n) is 7.81. The van der Waals surface area contributed by atoms with Crippen LogP contribution in [0.4, 0.5) is 4.39 Å². The molecule has 0 N–H and O–H groups in total. The number of likely N-dealkylation sites (tertiary alicyclic amines) is 1. The molecule has 1 aromatic carbocycles. The molecule has 0 bridgehead atoms. The van der Waals surface area contributed by atoms with Crippen LogP contribution in [0, 0.1) is 17.2 Å². The molecule has 2 aliphatic heterocycles. The largest absolute Gasteiger partial charge is 0.380 e. The van der Waals surface area contributed by atoms with Gasteiger partial charge in [0.15, 0.2) is 0 Å². The van der Waals surface area contributed by atoms with E-state index < -0.39 is 0 Å². The highest BCUT2D eigenvalue weighted by Crippen LogP contribution is 2.41. The molecule has 0 aromatic heterocycles. The van der Waals surface area contributed by atoms with Gasteiger partial charge in [0, 0.05) is 37.3 Å². The molecule has 1 aromatic rings. The average molecular weight is 347 g/mol. The summed E-state index contributed by atoms with van der Waals surface area (Å²) < 4.78 is 25.5. The summed E-state index contributed by atoms with van der Waals surface area (Å²) in [5, 5.41) is 0. The van der Waals surface area contributed by atoms with Gasteiger partial charge in [0.05, 0.1) is 12.7 Å². The summed E-state index contributed by atoms with van der Waals surface area (Å²) in [5.41, 5.74) is 0.304. The van der Waals surface area contributed by atoms with E-state index >= 15 is 0 Å². The molecule has 2 unspecified atom stereocenters. The molecule has 2 atom stereocenters. The number of carbonyl (C=O) groups is 1. The first kappa shape index (κ1) is 17.0. The van der Waals surface area contributed by atoms with Gasteiger partial charge in [0.25, 0.3) is 5.91 Å². The Bertz CT molecular complexity index is 633. The Labute approximate surface area is 148 Å². The second kappa shape index (κ2) is 7.04. The van der Waals surface area contributed by atoms with Crippen molar-refractivity contribution >= 4 is 5.91 Å².